The Kier molecular flexibility index (Phi) is 5.20. The van der Waals surface area contributed by atoms with Gasteiger partial charge in [-0.05, 0) is 30.7 Å². The van der Waals surface area contributed by atoms with Crippen molar-refractivity contribution in [3.8, 4) is 39.6 Å². The van der Waals surface area contributed by atoms with E-state index in [1.54, 1.807) is 13.2 Å². The molecule has 0 radical (unpaired) electrons. The van der Waals surface area contributed by atoms with E-state index in [2.05, 4.69) is 10.2 Å². The summed E-state index contributed by atoms with van der Waals surface area (Å²) in [6.07, 6.45) is 0. The lowest BCUT2D eigenvalue weighted by Crippen LogP contribution is -1.95. The number of ether oxygens (including phenoxy) is 2. The first-order valence-corrected chi connectivity index (χ1v) is 9.36. The molecule has 0 amide bonds. The molecular weight excluding hydrogens is 364 g/mol. The predicted octanol–water partition coefficient (Wildman–Crippen LogP) is 5.35. The van der Waals surface area contributed by atoms with E-state index in [9.17, 15) is 5.11 Å². The highest BCUT2D eigenvalue weighted by molar-refractivity contribution is 5.87. The molecule has 29 heavy (non-hydrogen) atoms. The van der Waals surface area contributed by atoms with E-state index in [1.165, 1.54) is 0 Å². The Balaban J connectivity index is 1.66. The van der Waals surface area contributed by atoms with Gasteiger partial charge in [0.15, 0.2) is 0 Å². The number of benzene rings is 3. The molecule has 0 unspecified atom stereocenters. The SMILES string of the molecule is COc1ccccc1-c1c(-c2ccc(OCc3ccccc3)cc2O)n[nH]c1C. The van der Waals surface area contributed by atoms with E-state index in [-0.39, 0.29) is 5.75 Å². The average molecular weight is 386 g/mol. The molecule has 4 rings (SSSR count). The lowest BCUT2D eigenvalue weighted by atomic mass is 9.98. The van der Waals surface area contributed by atoms with Crippen molar-refractivity contribution in [3.63, 3.8) is 0 Å². The Hall–Kier alpha value is -3.73. The van der Waals surface area contributed by atoms with Gasteiger partial charge in [0.2, 0.25) is 0 Å². The van der Waals surface area contributed by atoms with Gasteiger partial charge >= 0.3 is 0 Å². The second-order valence-corrected chi connectivity index (χ2v) is 6.73. The van der Waals surface area contributed by atoms with E-state index >= 15 is 0 Å². The lowest BCUT2D eigenvalue weighted by Gasteiger charge is -2.12. The van der Waals surface area contributed by atoms with Crippen molar-refractivity contribution in [2.24, 2.45) is 0 Å². The molecule has 0 saturated heterocycles. The molecule has 3 aromatic carbocycles. The molecule has 4 aromatic rings. The molecule has 5 heteroatoms. The van der Waals surface area contributed by atoms with Crippen molar-refractivity contribution in [2.45, 2.75) is 13.5 Å². The highest BCUT2D eigenvalue weighted by Gasteiger charge is 2.20. The fourth-order valence-electron chi connectivity index (χ4n) is 3.35. The number of nitrogens with zero attached hydrogens (tertiary/aromatic N) is 1. The molecule has 1 heterocycles. The highest BCUT2D eigenvalue weighted by Crippen LogP contribution is 2.41. The van der Waals surface area contributed by atoms with Gasteiger partial charge in [0.05, 0.1) is 7.11 Å². The number of phenolic OH excluding ortho intramolecular Hbond substituents is 1. The minimum absolute atomic E-state index is 0.109. The van der Waals surface area contributed by atoms with Crippen molar-refractivity contribution in [2.75, 3.05) is 7.11 Å². The van der Waals surface area contributed by atoms with Crippen LogP contribution >= 0.6 is 0 Å². The molecule has 0 spiro atoms. The summed E-state index contributed by atoms with van der Waals surface area (Å²) in [5.74, 6) is 1.46. The van der Waals surface area contributed by atoms with Crippen LogP contribution in [0, 0.1) is 6.92 Å². The van der Waals surface area contributed by atoms with Crippen LogP contribution < -0.4 is 9.47 Å². The molecular formula is C24H22N2O3. The quantitative estimate of drug-likeness (QED) is 0.469. The minimum atomic E-state index is 0.109. The maximum atomic E-state index is 10.7. The number of aromatic amines is 1. The molecule has 0 aliphatic rings. The number of aromatic hydroxyl groups is 1. The van der Waals surface area contributed by atoms with Crippen LogP contribution in [-0.4, -0.2) is 22.4 Å². The first-order valence-electron chi connectivity index (χ1n) is 9.36. The number of para-hydroxylation sites is 1. The topological polar surface area (TPSA) is 67.4 Å². The fourth-order valence-corrected chi connectivity index (χ4v) is 3.35. The summed E-state index contributed by atoms with van der Waals surface area (Å²) in [5.41, 5.74) is 5.07. The van der Waals surface area contributed by atoms with Crippen molar-refractivity contribution in [3.05, 3.63) is 84.1 Å². The number of rotatable bonds is 6. The molecule has 0 fully saturated rings. The van der Waals surface area contributed by atoms with Gasteiger partial charge in [0, 0.05) is 28.5 Å². The molecule has 0 aliphatic heterocycles. The summed E-state index contributed by atoms with van der Waals surface area (Å²) in [5, 5.41) is 18.2. The van der Waals surface area contributed by atoms with Gasteiger partial charge in [-0.2, -0.15) is 5.10 Å². The number of aromatic nitrogens is 2. The molecule has 0 saturated carbocycles. The first-order chi connectivity index (χ1) is 14.2. The summed E-state index contributed by atoms with van der Waals surface area (Å²) in [7, 11) is 1.64. The van der Waals surface area contributed by atoms with Gasteiger partial charge in [-0.3, -0.25) is 5.10 Å². The van der Waals surface area contributed by atoms with Crippen molar-refractivity contribution in [1.29, 1.82) is 0 Å². The number of nitrogens with one attached hydrogen (secondary N) is 1. The van der Waals surface area contributed by atoms with Gasteiger partial charge in [-0.1, -0.05) is 48.5 Å². The van der Waals surface area contributed by atoms with Gasteiger partial charge in [0.1, 0.15) is 29.5 Å². The molecule has 2 N–H and O–H groups in total. The standard InChI is InChI=1S/C24H22N2O3/c1-16-23(20-10-6-7-11-22(20)28-2)24(26-25-16)19-13-12-18(14-21(19)27)29-15-17-8-4-3-5-9-17/h3-14,27H,15H2,1-2H3,(H,25,26). The van der Waals surface area contributed by atoms with Gasteiger partial charge in [-0.25, -0.2) is 0 Å². The number of H-pyrrole nitrogens is 1. The highest BCUT2D eigenvalue weighted by atomic mass is 16.5. The molecule has 1 aromatic heterocycles. The molecule has 146 valence electrons. The van der Waals surface area contributed by atoms with Crippen LogP contribution in [0.25, 0.3) is 22.4 Å². The third-order valence-corrected chi connectivity index (χ3v) is 4.80. The first kappa shape index (κ1) is 18.6. The summed E-state index contributed by atoms with van der Waals surface area (Å²) >= 11 is 0. The monoisotopic (exact) mass is 386 g/mol. The van der Waals surface area contributed by atoms with Gasteiger partial charge in [-0.15, -0.1) is 0 Å². The van der Waals surface area contributed by atoms with Crippen LogP contribution in [0.4, 0.5) is 0 Å². The zero-order chi connectivity index (χ0) is 20.2. The Labute approximate surface area is 169 Å². The van der Waals surface area contributed by atoms with Crippen LogP contribution in [-0.2, 0) is 6.61 Å². The maximum Gasteiger partial charge on any atom is 0.128 e. The molecule has 0 aliphatic carbocycles. The second kappa shape index (κ2) is 8.10. The Morgan fingerprint density at radius 2 is 1.69 bits per heavy atom. The fraction of sp³-hybridized carbons (Fsp3) is 0.125. The molecule has 0 atom stereocenters. The minimum Gasteiger partial charge on any atom is -0.507 e. The Morgan fingerprint density at radius 3 is 2.45 bits per heavy atom. The number of aryl methyl sites for hydroxylation is 1. The van der Waals surface area contributed by atoms with E-state index in [1.807, 2.05) is 73.7 Å². The smallest absolute Gasteiger partial charge is 0.128 e. The zero-order valence-corrected chi connectivity index (χ0v) is 16.3. The normalized spacial score (nSPS) is 10.7. The van der Waals surface area contributed by atoms with E-state index < -0.39 is 0 Å². The average Bonchev–Trinajstić information content (AvgIpc) is 3.14. The van der Waals surface area contributed by atoms with E-state index in [4.69, 9.17) is 9.47 Å². The van der Waals surface area contributed by atoms with Crippen LogP contribution in [0.2, 0.25) is 0 Å². The van der Waals surface area contributed by atoms with Crippen molar-refractivity contribution >= 4 is 0 Å². The number of hydrogen-bond donors (Lipinski definition) is 2. The van der Waals surface area contributed by atoms with Crippen molar-refractivity contribution < 1.29 is 14.6 Å². The molecule has 5 nitrogen and oxygen atoms in total. The third kappa shape index (κ3) is 3.80. The lowest BCUT2D eigenvalue weighted by molar-refractivity contribution is 0.304. The summed E-state index contributed by atoms with van der Waals surface area (Å²) in [6, 6.07) is 23.0. The van der Waals surface area contributed by atoms with Crippen LogP contribution in [0.5, 0.6) is 17.2 Å². The van der Waals surface area contributed by atoms with Crippen LogP contribution in [0.15, 0.2) is 72.8 Å². The summed E-state index contributed by atoms with van der Waals surface area (Å²) in [4.78, 5) is 0. The van der Waals surface area contributed by atoms with Crippen molar-refractivity contribution in [1.82, 2.24) is 10.2 Å². The van der Waals surface area contributed by atoms with E-state index in [0.29, 0.717) is 23.6 Å². The molecule has 0 bridgehead atoms. The number of methoxy groups -OCH3 is 1. The van der Waals surface area contributed by atoms with Crippen LogP contribution in [0.1, 0.15) is 11.3 Å². The van der Waals surface area contributed by atoms with Gasteiger partial charge in [0.25, 0.3) is 0 Å². The Bertz CT molecular complexity index is 1120. The largest absolute Gasteiger partial charge is 0.507 e. The maximum absolute atomic E-state index is 10.7. The predicted molar refractivity (Wildman–Crippen MR) is 113 cm³/mol. The summed E-state index contributed by atoms with van der Waals surface area (Å²) in [6.45, 7) is 2.39. The second-order valence-electron chi connectivity index (χ2n) is 6.73. The van der Waals surface area contributed by atoms with Crippen LogP contribution in [0.3, 0.4) is 0 Å². The van der Waals surface area contributed by atoms with E-state index in [0.717, 1.165) is 28.1 Å². The third-order valence-electron chi connectivity index (χ3n) is 4.80. The number of hydrogen-bond acceptors (Lipinski definition) is 4. The zero-order valence-electron chi connectivity index (χ0n) is 16.3. The van der Waals surface area contributed by atoms with Gasteiger partial charge < -0.3 is 14.6 Å². The summed E-state index contributed by atoms with van der Waals surface area (Å²) < 4.78 is 11.3. The number of phenols is 1. The Morgan fingerprint density at radius 1 is 0.931 bits per heavy atom.